The van der Waals surface area contributed by atoms with Crippen LogP contribution in [0.1, 0.15) is 44.1 Å². The lowest BCUT2D eigenvalue weighted by Crippen LogP contribution is -2.53. The zero-order valence-electron chi connectivity index (χ0n) is 15.2. The fourth-order valence-electron chi connectivity index (χ4n) is 4.70. The summed E-state index contributed by atoms with van der Waals surface area (Å²) >= 11 is 0. The van der Waals surface area contributed by atoms with Crippen LogP contribution in [-0.4, -0.2) is 58.4 Å². The fraction of sp³-hybridized carbons (Fsp3) is 0.650. The van der Waals surface area contributed by atoms with Gasteiger partial charge in [-0.3, -0.25) is 19.5 Å². The molecule has 1 aromatic rings. The molecule has 140 valence electrons. The van der Waals surface area contributed by atoms with Crippen molar-refractivity contribution >= 4 is 11.9 Å². The van der Waals surface area contributed by atoms with Crippen LogP contribution in [0.25, 0.3) is 0 Å². The van der Waals surface area contributed by atoms with Crippen molar-refractivity contribution in [3.8, 4) is 0 Å². The van der Waals surface area contributed by atoms with Gasteiger partial charge in [0.25, 0.3) is 0 Å². The Morgan fingerprint density at radius 2 is 1.96 bits per heavy atom. The summed E-state index contributed by atoms with van der Waals surface area (Å²) < 4.78 is 5.71. The lowest BCUT2D eigenvalue weighted by atomic mass is 9.75. The van der Waals surface area contributed by atoms with E-state index in [9.17, 15) is 9.59 Å². The second-order valence-electron chi connectivity index (χ2n) is 7.82. The van der Waals surface area contributed by atoms with E-state index in [0.717, 1.165) is 58.4 Å². The van der Waals surface area contributed by atoms with Gasteiger partial charge in [0.1, 0.15) is 5.60 Å². The van der Waals surface area contributed by atoms with Crippen molar-refractivity contribution in [2.75, 3.05) is 26.2 Å². The molecule has 0 aromatic carbocycles. The van der Waals surface area contributed by atoms with Crippen LogP contribution >= 0.6 is 0 Å². The van der Waals surface area contributed by atoms with Crippen LogP contribution in [0.4, 0.5) is 0 Å². The first-order chi connectivity index (χ1) is 12.7. The van der Waals surface area contributed by atoms with Crippen LogP contribution in [0.15, 0.2) is 24.5 Å². The number of hydrogen-bond acceptors (Lipinski definition) is 5. The van der Waals surface area contributed by atoms with Crippen LogP contribution in [0.3, 0.4) is 0 Å². The number of pyridine rings is 1. The number of aromatic nitrogens is 1. The fourth-order valence-corrected chi connectivity index (χ4v) is 4.70. The molecule has 1 spiro atoms. The molecule has 0 unspecified atom stereocenters. The first-order valence-corrected chi connectivity index (χ1v) is 9.78. The highest BCUT2D eigenvalue weighted by Crippen LogP contribution is 2.45. The Bertz CT molecular complexity index is 650. The third kappa shape index (κ3) is 3.47. The molecule has 1 aromatic heterocycles. The van der Waals surface area contributed by atoms with Gasteiger partial charge in [-0.2, -0.15) is 0 Å². The molecule has 1 aliphatic carbocycles. The summed E-state index contributed by atoms with van der Waals surface area (Å²) in [4.78, 5) is 33.6. The van der Waals surface area contributed by atoms with Crippen molar-refractivity contribution in [3.63, 3.8) is 0 Å². The first kappa shape index (κ1) is 17.5. The molecule has 1 atom stereocenters. The molecule has 3 aliphatic rings. The quantitative estimate of drug-likeness (QED) is 0.774. The van der Waals surface area contributed by atoms with E-state index in [4.69, 9.17) is 4.74 Å². The van der Waals surface area contributed by atoms with Crippen molar-refractivity contribution in [2.24, 2.45) is 5.92 Å². The minimum absolute atomic E-state index is 0.124. The van der Waals surface area contributed by atoms with E-state index in [1.165, 1.54) is 12.0 Å². The Kier molecular flexibility index (Phi) is 4.94. The van der Waals surface area contributed by atoms with Crippen molar-refractivity contribution in [2.45, 2.75) is 50.7 Å². The Morgan fingerprint density at radius 1 is 1.19 bits per heavy atom. The maximum absolute atomic E-state index is 13.1. The Hall–Kier alpha value is -1.95. The van der Waals surface area contributed by atoms with Crippen molar-refractivity contribution in [1.82, 2.24) is 14.8 Å². The van der Waals surface area contributed by atoms with Gasteiger partial charge in [-0.15, -0.1) is 0 Å². The summed E-state index contributed by atoms with van der Waals surface area (Å²) in [6, 6.07) is 4.04. The molecule has 2 aliphatic heterocycles. The molecule has 0 radical (unpaired) electrons. The van der Waals surface area contributed by atoms with Gasteiger partial charge < -0.3 is 9.64 Å². The highest BCUT2D eigenvalue weighted by Gasteiger charge is 2.53. The van der Waals surface area contributed by atoms with E-state index in [1.807, 2.05) is 17.2 Å². The van der Waals surface area contributed by atoms with Crippen molar-refractivity contribution in [3.05, 3.63) is 30.1 Å². The highest BCUT2D eigenvalue weighted by atomic mass is 16.6. The highest BCUT2D eigenvalue weighted by molar-refractivity contribution is 5.88. The largest absolute Gasteiger partial charge is 0.458 e. The smallest absolute Gasteiger partial charge is 0.307 e. The second-order valence-corrected chi connectivity index (χ2v) is 7.82. The van der Waals surface area contributed by atoms with E-state index < -0.39 is 5.60 Å². The molecule has 3 heterocycles. The summed E-state index contributed by atoms with van der Waals surface area (Å²) in [7, 11) is 0. The molecule has 6 nitrogen and oxygen atoms in total. The number of esters is 1. The van der Waals surface area contributed by atoms with Gasteiger partial charge >= 0.3 is 5.97 Å². The number of hydrogen-bond donors (Lipinski definition) is 0. The molecular formula is C20H27N3O3. The lowest BCUT2D eigenvalue weighted by Gasteiger charge is -2.40. The SMILES string of the molecule is O=C1C[C@H](C(=O)N2CCN(Cc3cccnc3)CC2)C2(CCCCC2)O1. The van der Waals surface area contributed by atoms with E-state index in [2.05, 4.69) is 16.0 Å². The minimum Gasteiger partial charge on any atom is -0.458 e. The summed E-state index contributed by atoms with van der Waals surface area (Å²) in [5, 5.41) is 0. The predicted molar refractivity (Wildman–Crippen MR) is 96.1 cm³/mol. The number of ether oxygens (including phenoxy) is 1. The molecular weight excluding hydrogens is 330 g/mol. The number of rotatable bonds is 3. The summed E-state index contributed by atoms with van der Waals surface area (Å²) in [6.07, 6.45) is 8.90. The Balaban J connectivity index is 1.36. The van der Waals surface area contributed by atoms with Crippen LogP contribution < -0.4 is 0 Å². The maximum Gasteiger partial charge on any atom is 0.307 e. The number of carbonyl (C=O) groups excluding carboxylic acids is 2. The van der Waals surface area contributed by atoms with Gasteiger partial charge in [0.05, 0.1) is 12.3 Å². The monoisotopic (exact) mass is 357 g/mol. The van der Waals surface area contributed by atoms with Crippen LogP contribution in [-0.2, 0) is 20.9 Å². The third-order valence-corrected chi connectivity index (χ3v) is 6.13. The molecule has 26 heavy (non-hydrogen) atoms. The zero-order chi connectivity index (χ0) is 18.0. The predicted octanol–water partition coefficient (Wildman–Crippen LogP) is 1.99. The van der Waals surface area contributed by atoms with E-state index >= 15 is 0 Å². The molecule has 1 amide bonds. The summed E-state index contributed by atoms with van der Waals surface area (Å²) in [5.41, 5.74) is 0.683. The molecule has 6 heteroatoms. The molecule has 4 rings (SSSR count). The van der Waals surface area contributed by atoms with Gasteiger partial charge in [0.15, 0.2) is 0 Å². The number of amides is 1. The standard InChI is InChI=1S/C20H27N3O3/c24-18-13-17(20(26-18)6-2-1-3-7-20)19(25)23-11-9-22(10-12-23)15-16-5-4-8-21-14-16/h4-5,8,14,17H,1-3,6-7,9-13,15H2/t17-/m1/s1. The van der Waals surface area contributed by atoms with E-state index in [1.54, 1.807) is 6.20 Å². The van der Waals surface area contributed by atoms with E-state index in [0.29, 0.717) is 0 Å². The maximum atomic E-state index is 13.1. The minimum atomic E-state index is -0.515. The lowest BCUT2D eigenvalue weighted by molar-refractivity contribution is -0.156. The average Bonchev–Trinajstić information content (AvgIpc) is 2.98. The molecule has 2 saturated heterocycles. The molecule has 0 N–H and O–H groups in total. The van der Waals surface area contributed by atoms with Gasteiger partial charge in [-0.05, 0) is 37.3 Å². The van der Waals surface area contributed by atoms with Gasteiger partial charge in [-0.25, -0.2) is 0 Å². The number of nitrogens with zero attached hydrogens (tertiary/aromatic N) is 3. The van der Waals surface area contributed by atoms with Crippen LogP contribution in [0.2, 0.25) is 0 Å². The molecule has 3 fully saturated rings. The summed E-state index contributed by atoms with van der Waals surface area (Å²) in [6.45, 7) is 4.02. The molecule has 0 bridgehead atoms. The second kappa shape index (κ2) is 7.35. The van der Waals surface area contributed by atoms with E-state index in [-0.39, 0.29) is 24.2 Å². The first-order valence-electron chi connectivity index (χ1n) is 9.78. The average molecular weight is 357 g/mol. The molecule has 1 saturated carbocycles. The van der Waals surface area contributed by atoms with Gasteiger partial charge in [-0.1, -0.05) is 12.5 Å². The van der Waals surface area contributed by atoms with Crippen molar-refractivity contribution < 1.29 is 14.3 Å². The number of piperazine rings is 1. The third-order valence-electron chi connectivity index (χ3n) is 6.13. The van der Waals surface area contributed by atoms with Gasteiger partial charge in [0, 0.05) is 45.1 Å². The Morgan fingerprint density at radius 3 is 2.65 bits per heavy atom. The van der Waals surface area contributed by atoms with Crippen molar-refractivity contribution in [1.29, 1.82) is 0 Å². The topological polar surface area (TPSA) is 62.7 Å². The number of carbonyl (C=O) groups is 2. The normalized spacial score (nSPS) is 26.1. The Labute approximate surface area is 154 Å². The zero-order valence-corrected chi connectivity index (χ0v) is 15.2. The summed E-state index contributed by atoms with van der Waals surface area (Å²) in [5.74, 6) is -0.348. The van der Waals surface area contributed by atoms with Gasteiger partial charge in [0.2, 0.25) is 5.91 Å². The van der Waals surface area contributed by atoms with Crippen LogP contribution in [0.5, 0.6) is 0 Å². The van der Waals surface area contributed by atoms with Crippen LogP contribution in [0, 0.1) is 5.92 Å².